The molecule has 0 saturated heterocycles. The number of thiophene rings is 1. The first-order valence-electron chi connectivity index (χ1n) is 21.6. The second-order valence-electron chi connectivity index (χ2n) is 15.9. The maximum atomic E-state index is 5.36. The van der Waals surface area contributed by atoms with E-state index in [2.05, 4.69) is 200 Å². The first kappa shape index (κ1) is 38.2. The molecule has 0 aliphatic heterocycles. The van der Waals surface area contributed by atoms with E-state index in [-0.39, 0.29) is 0 Å². The SMILES string of the molecule is CCC.c1ccc(-c2ccc(-c3nc(-c4ccccc4)nc(-n4c5ccc(-c6ccccc6)cc5c5cccc(-c6cccc7c6sc6ccc8ccccc8c67)c54)n3)cc2)cc1. The molecule has 3 heterocycles. The zero-order chi connectivity index (χ0) is 42.3. The van der Waals surface area contributed by atoms with Crippen molar-refractivity contribution in [3.63, 3.8) is 0 Å². The molecule has 0 amide bonds. The molecule has 0 fully saturated rings. The summed E-state index contributed by atoms with van der Waals surface area (Å²) >= 11 is 1.86. The molecule has 300 valence electrons. The van der Waals surface area contributed by atoms with Crippen LogP contribution in [0.3, 0.4) is 0 Å². The molecule has 0 radical (unpaired) electrons. The largest absolute Gasteiger partial charge is 0.277 e. The highest BCUT2D eigenvalue weighted by Crippen LogP contribution is 2.46. The van der Waals surface area contributed by atoms with Gasteiger partial charge in [-0.2, -0.15) is 9.97 Å². The van der Waals surface area contributed by atoms with Crippen molar-refractivity contribution in [1.29, 1.82) is 0 Å². The van der Waals surface area contributed by atoms with Gasteiger partial charge in [0, 0.05) is 53.2 Å². The van der Waals surface area contributed by atoms with E-state index in [0.29, 0.717) is 17.6 Å². The van der Waals surface area contributed by atoms with Gasteiger partial charge in [0.1, 0.15) is 0 Å². The Morgan fingerprint density at radius 3 is 1.63 bits per heavy atom. The lowest BCUT2D eigenvalue weighted by Crippen LogP contribution is -2.07. The molecule has 12 rings (SSSR count). The van der Waals surface area contributed by atoms with Crippen LogP contribution in [0.4, 0.5) is 0 Å². The molecule has 3 aromatic heterocycles. The Bertz CT molecular complexity index is 3590. The number of hydrogen-bond donors (Lipinski definition) is 0. The monoisotopic (exact) mass is 826 g/mol. The van der Waals surface area contributed by atoms with Crippen LogP contribution in [0.1, 0.15) is 20.3 Å². The highest BCUT2D eigenvalue weighted by atomic mass is 32.1. The van der Waals surface area contributed by atoms with E-state index in [9.17, 15) is 0 Å². The van der Waals surface area contributed by atoms with Crippen LogP contribution >= 0.6 is 11.3 Å². The Morgan fingerprint density at radius 1 is 0.413 bits per heavy atom. The number of aromatic nitrogens is 4. The number of nitrogens with zero attached hydrogens (tertiary/aromatic N) is 4. The van der Waals surface area contributed by atoms with Crippen LogP contribution in [-0.4, -0.2) is 19.5 Å². The number of fused-ring (bicyclic) bond motifs is 8. The number of rotatable bonds is 6. The lowest BCUT2D eigenvalue weighted by atomic mass is 9.98. The highest BCUT2D eigenvalue weighted by molar-refractivity contribution is 7.26. The Hall–Kier alpha value is -7.73. The predicted octanol–water partition coefficient (Wildman–Crippen LogP) is 16.2. The van der Waals surface area contributed by atoms with E-state index < -0.39 is 0 Å². The van der Waals surface area contributed by atoms with Gasteiger partial charge in [-0.3, -0.25) is 4.57 Å². The Morgan fingerprint density at radius 2 is 0.937 bits per heavy atom. The molecule has 12 aromatic rings. The predicted molar refractivity (Wildman–Crippen MR) is 268 cm³/mol. The van der Waals surface area contributed by atoms with Gasteiger partial charge in [0.05, 0.1) is 11.0 Å². The zero-order valence-corrected chi connectivity index (χ0v) is 35.9. The van der Waals surface area contributed by atoms with Crippen molar-refractivity contribution >= 4 is 64.1 Å². The minimum absolute atomic E-state index is 0.570. The van der Waals surface area contributed by atoms with Crippen molar-refractivity contribution < 1.29 is 0 Å². The van der Waals surface area contributed by atoms with Gasteiger partial charge in [-0.05, 0) is 51.2 Å². The molecule has 5 heteroatoms. The van der Waals surface area contributed by atoms with Gasteiger partial charge < -0.3 is 0 Å². The highest BCUT2D eigenvalue weighted by Gasteiger charge is 2.23. The summed E-state index contributed by atoms with van der Waals surface area (Å²) in [7, 11) is 0. The topological polar surface area (TPSA) is 43.6 Å². The quantitative estimate of drug-likeness (QED) is 0.168. The second kappa shape index (κ2) is 16.3. The fourth-order valence-electron chi connectivity index (χ4n) is 8.84. The molecule has 0 N–H and O–H groups in total. The third kappa shape index (κ3) is 6.84. The zero-order valence-electron chi connectivity index (χ0n) is 35.0. The summed E-state index contributed by atoms with van der Waals surface area (Å²) in [5, 5.41) is 7.38. The van der Waals surface area contributed by atoms with E-state index in [4.69, 9.17) is 15.0 Å². The number of para-hydroxylation sites is 1. The van der Waals surface area contributed by atoms with Crippen LogP contribution in [-0.2, 0) is 0 Å². The van der Waals surface area contributed by atoms with Crippen LogP contribution in [0.5, 0.6) is 0 Å². The van der Waals surface area contributed by atoms with Gasteiger partial charge in [-0.25, -0.2) is 4.98 Å². The molecular weight excluding hydrogens is 785 g/mol. The van der Waals surface area contributed by atoms with Crippen LogP contribution < -0.4 is 0 Å². The van der Waals surface area contributed by atoms with Crippen LogP contribution in [0.15, 0.2) is 206 Å². The van der Waals surface area contributed by atoms with Crippen molar-refractivity contribution in [2.75, 3.05) is 0 Å². The molecule has 63 heavy (non-hydrogen) atoms. The third-order valence-electron chi connectivity index (χ3n) is 11.7. The molecule has 4 nitrogen and oxygen atoms in total. The lowest BCUT2D eigenvalue weighted by molar-refractivity contribution is 0.954. The van der Waals surface area contributed by atoms with Crippen molar-refractivity contribution in [3.8, 4) is 62.1 Å². The van der Waals surface area contributed by atoms with Gasteiger partial charge in [0.25, 0.3) is 0 Å². The molecular formula is C58H42N4S. The van der Waals surface area contributed by atoms with E-state index in [0.717, 1.165) is 49.6 Å². The molecule has 0 saturated carbocycles. The summed E-state index contributed by atoms with van der Waals surface area (Å²) in [6.07, 6.45) is 1.25. The summed E-state index contributed by atoms with van der Waals surface area (Å²) in [6, 6.07) is 73.3. The fraction of sp³-hybridized carbons (Fsp3) is 0.0517. The van der Waals surface area contributed by atoms with E-state index in [1.54, 1.807) is 0 Å². The fourth-order valence-corrected chi connectivity index (χ4v) is 10.1. The first-order chi connectivity index (χ1) is 31.2. The van der Waals surface area contributed by atoms with Crippen LogP contribution in [0.25, 0.3) is 115 Å². The third-order valence-corrected chi connectivity index (χ3v) is 12.9. The molecule has 0 unspecified atom stereocenters. The summed E-state index contributed by atoms with van der Waals surface area (Å²) in [5.74, 6) is 1.81. The van der Waals surface area contributed by atoms with Gasteiger partial charge in [-0.1, -0.05) is 208 Å². The maximum Gasteiger partial charge on any atom is 0.238 e. The van der Waals surface area contributed by atoms with Crippen molar-refractivity contribution in [2.45, 2.75) is 20.3 Å². The number of benzene rings is 9. The summed E-state index contributed by atoms with van der Waals surface area (Å²) in [4.78, 5) is 15.8. The molecule has 9 aromatic carbocycles. The average molecular weight is 827 g/mol. The molecule has 0 spiro atoms. The van der Waals surface area contributed by atoms with Gasteiger partial charge in [0.2, 0.25) is 5.95 Å². The molecule has 0 atom stereocenters. The Labute approximate surface area is 370 Å². The molecule has 0 aliphatic rings. The minimum Gasteiger partial charge on any atom is -0.277 e. The van der Waals surface area contributed by atoms with Crippen LogP contribution in [0.2, 0.25) is 0 Å². The van der Waals surface area contributed by atoms with Crippen molar-refractivity contribution in [3.05, 3.63) is 206 Å². The normalized spacial score (nSPS) is 11.4. The van der Waals surface area contributed by atoms with Crippen molar-refractivity contribution in [1.82, 2.24) is 19.5 Å². The number of hydrogen-bond acceptors (Lipinski definition) is 4. The molecule has 0 bridgehead atoms. The lowest BCUT2D eigenvalue weighted by Gasteiger charge is -2.13. The summed E-state index contributed by atoms with van der Waals surface area (Å²) in [6.45, 7) is 4.25. The maximum absolute atomic E-state index is 5.36. The van der Waals surface area contributed by atoms with Gasteiger partial charge in [0.15, 0.2) is 11.6 Å². The summed E-state index contributed by atoms with van der Waals surface area (Å²) in [5.41, 5.74) is 10.9. The average Bonchev–Trinajstić information content (AvgIpc) is 3.91. The van der Waals surface area contributed by atoms with Gasteiger partial charge >= 0.3 is 0 Å². The van der Waals surface area contributed by atoms with Crippen LogP contribution in [0, 0.1) is 0 Å². The standard InChI is InChI=1S/C55H34N4S.C3H8/c1-4-14-35(15-5-1)37-26-28-40(29-27-37)54-56-53(39-19-8-3-9-20-39)57-55(58-54)59-48-32-30-41(36-16-6-2-7-17-36)34-47(48)44-23-12-22-43(51(44)59)45-24-13-25-46-50-42-21-11-10-18-38(42)31-33-49(50)60-52(45)46;1-3-2/h1-34H;3H2,1-2H3. The Kier molecular flexibility index (Phi) is 9.87. The van der Waals surface area contributed by atoms with E-state index in [1.807, 2.05) is 35.6 Å². The van der Waals surface area contributed by atoms with E-state index in [1.165, 1.54) is 54.1 Å². The van der Waals surface area contributed by atoms with Crippen molar-refractivity contribution in [2.24, 2.45) is 0 Å². The smallest absolute Gasteiger partial charge is 0.238 e. The second-order valence-corrected chi connectivity index (χ2v) is 16.9. The Balaban J connectivity index is 0.00000144. The summed E-state index contributed by atoms with van der Waals surface area (Å²) < 4.78 is 4.81. The minimum atomic E-state index is 0.570. The van der Waals surface area contributed by atoms with E-state index >= 15 is 0 Å². The van der Waals surface area contributed by atoms with Gasteiger partial charge in [-0.15, -0.1) is 11.3 Å². The first-order valence-corrected chi connectivity index (χ1v) is 22.4. The molecule has 0 aliphatic carbocycles.